The Morgan fingerprint density at radius 1 is 1.28 bits per heavy atom. The lowest BCUT2D eigenvalue weighted by Gasteiger charge is -2.03. The second-order valence-corrected chi connectivity index (χ2v) is 8.38. The zero-order valence-electron chi connectivity index (χ0n) is 10.5. The molecule has 0 unspecified atom stereocenters. The summed E-state index contributed by atoms with van der Waals surface area (Å²) in [5, 5.41) is 1.28. The molecule has 0 atom stereocenters. The average Bonchev–Trinajstić information content (AvgIpc) is 2.66. The fraction of sp³-hybridized carbons (Fsp3) is 0.545. The highest BCUT2D eigenvalue weighted by molar-refractivity contribution is 7.85. The van der Waals surface area contributed by atoms with Gasteiger partial charge in [-0.1, -0.05) is 0 Å². The van der Waals surface area contributed by atoms with E-state index in [0.717, 1.165) is 0 Å². The Bertz CT molecular complexity index is 682. The van der Waals surface area contributed by atoms with Gasteiger partial charge in [-0.3, -0.25) is 0 Å². The molecule has 0 spiro atoms. The Hall–Kier alpha value is -0.500. The van der Waals surface area contributed by atoms with Crippen LogP contribution in [0.1, 0.15) is 22.6 Å². The van der Waals surface area contributed by atoms with Crippen LogP contribution >= 0.6 is 22.9 Å². The molecule has 2 aromatic rings. The lowest BCUT2D eigenvalue weighted by molar-refractivity contribution is -0.634. The third-order valence-corrected chi connectivity index (χ3v) is 6.35. The van der Waals surface area contributed by atoms with Crippen molar-refractivity contribution in [2.45, 2.75) is 33.7 Å². The summed E-state index contributed by atoms with van der Waals surface area (Å²) in [7, 11) is -4.09. The molecule has 0 saturated carbocycles. The highest BCUT2D eigenvalue weighted by Crippen LogP contribution is 2.34. The summed E-state index contributed by atoms with van der Waals surface area (Å²) < 4.78 is 35.1. The van der Waals surface area contributed by atoms with Crippen molar-refractivity contribution in [3.8, 4) is 0 Å². The van der Waals surface area contributed by atoms with E-state index in [0.29, 0.717) is 13.0 Å². The number of fused-ring (bicyclic) bond motifs is 1. The van der Waals surface area contributed by atoms with Crippen molar-refractivity contribution >= 4 is 42.4 Å². The summed E-state index contributed by atoms with van der Waals surface area (Å²) in [6.07, 6.45) is 0.378. The summed E-state index contributed by atoms with van der Waals surface area (Å²) in [6.45, 7) is 6.86. The van der Waals surface area contributed by atoms with Gasteiger partial charge in [0.05, 0.1) is 15.5 Å². The molecule has 0 aliphatic carbocycles. The lowest BCUT2D eigenvalue weighted by Crippen LogP contribution is -2.32. The van der Waals surface area contributed by atoms with Crippen LogP contribution in [0.4, 0.5) is 0 Å². The molecule has 0 aliphatic heterocycles. The van der Waals surface area contributed by atoms with Crippen molar-refractivity contribution in [2.24, 2.45) is 0 Å². The first-order valence-electron chi connectivity index (χ1n) is 5.62. The molecule has 0 amide bonds. The Balaban J connectivity index is 2.22. The van der Waals surface area contributed by atoms with E-state index in [2.05, 4.69) is 17.8 Å². The van der Waals surface area contributed by atoms with E-state index in [1.807, 2.05) is 6.92 Å². The molecule has 100 valence electrons. The SMILES string of the molecule is Cc1sc2s[n+](CCCS(=O)(=O)[O-])c(C)c2c1C. The predicted molar refractivity (Wildman–Crippen MR) is 73.3 cm³/mol. The van der Waals surface area contributed by atoms with Gasteiger partial charge in [-0.2, -0.15) is 0 Å². The van der Waals surface area contributed by atoms with E-state index < -0.39 is 10.1 Å². The van der Waals surface area contributed by atoms with E-state index in [9.17, 15) is 13.0 Å². The molecule has 0 aliphatic rings. The molecule has 2 aromatic heterocycles. The third-order valence-electron chi connectivity index (χ3n) is 3.04. The standard InChI is InChI=1S/C11H15NO3S3/c1-7-9(3)16-11-10(7)8(2)12(17-11)5-4-6-18(13,14)15/h4-6H2,1-3H3. The maximum Gasteiger partial charge on any atom is 0.202 e. The van der Waals surface area contributed by atoms with Gasteiger partial charge < -0.3 is 4.55 Å². The minimum atomic E-state index is -4.09. The van der Waals surface area contributed by atoms with Gasteiger partial charge in [0.1, 0.15) is 0 Å². The predicted octanol–water partition coefficient (Wildman–Crippen LogP) is 2.11. The van der Waals surface area contributed by atoms with Crippen LogP contribution in [0, 0.1) is 20.8 Å². The Labute approximate surface area is 115 Å². The largest absolute Gasteiger partial charge is 0.748 e. The highest BCUT2D eigenvalue weighted by Gasteiger charge is 2.21. The van der Waals surface area contributed by atoms with Gasteiger partial charge in [0.25, 0.3) is 0 Å². The van der Waals surface area contributed by atoms with Crippen LogP contribution in [-0.4, -0.2) is 18.7 Å². The van der Waals surface area contributed by atoms with Crippen LogP contribution in [-0.2, 0) is 16.7 Å². The summed E-state index contributed by atoms with van der Waals surface area (Å²) in [4.78, 5) is 1.33. The molecule has 0 aromatic carbocycles. The van der Waals surface area contributed by atoms with E-state index in [-0.39, 0.29) is 5.75 Å². The van der Waals surface area contributed by atoms with Crippen LogP contribution < -0.4 is 3.96 Å². The van der Waals surface area contributed by atoms with Gasteiger partial charge in [0.15, 0.2) is 22.1 Å². The van der Waals surface area contributed by atoms with Gasteiger partial charge >= 0.3 is 0 Å². The van der Waals surface area contributed by atoms with Gasteiger partial charge in [-0.15, -0.1) is 15.3 Å². The van der Waals surface area contributed by atoms with E-state index in [1.165, 1.54) is 25.5 Å². The second-order valence-electron chi connectivity index (χ2n) is 4.34. The van der Waals surface area contributed by atoms with Gasteiger partial charge in [0, 0.05) is 24.0 Å². The average molecular weight is 305 g/mol. The number of nitrogens with zero attached hydrogens (tertiary/aromatic N) is 1. The molecule has 2 heterocycles. The first kappa shape index (κ1) is 13.9. The lowest BCUT2D eigenvalue weighted by atomic mass is 10.2. The number of rotatable bonds is 4. The first-order valence-corrected chi connectivity index (χ1v) is 8.79. The molecule has 4 nitrogen and oxygen atoms in total. The number of aryl methyl sites for hydroxylation is 4. The van der Waals surface area contributed by atoms with Gasteiger partial charge in [-0.05, 0) is 19.4 Å². The number of hydrogen-bond acceptors (Lipinski definition) is 5. The maximum absolute atomic E-state index is 10.6. The van der Waals surface area contributed by atoms with E-state index in [1.54, 1.807) is 22.9 Å². The van der Waals surface area contributed by atoms with Crippen LogP contribution in [0.25, 0.3) is 9.40 Å². The number of aromatic nitrogens is 1. The van der Waals surface area contributed by atoms with Crippen molar-refractivity contribution in [2.75, 3.05) is 5.75 Å². The third kappa shape index (κ3) is 2.74. The molecule has 0 bridgehead atoms. The molecule has 18 heavy (non-hydrogen) atoms. The highest BCUT2D eigenvalue weighted by atomic mass is 32.2. The minimum absolute atomic E-state index is 0.289. The normalized spacial score (nSPS) is 12.4. The summed E-state index contributed by atoms with van der Waals surface area (Å²) in [6, 6.07) is 0. The summed E-state index contributed by atoms with van der Waals surface area (Å²) >= 11 is 3.42. The van der Waals surface area contributed by atoms with Gasteiger partial charge in [-0.25, -0.2) is 8.42 Å². The van der Waals surface area contributed by atoms with Crippen LogP contribution in [0.15, 0.2) is 0 Å². The van der Waals surface area contributed by atoms with Crippen LogP contribution in [0.5, 0.6) is 0 Å². The fourth-order valence-corrected chi connectivity index (χ4v) is 5.22. The molecule has 0 N–H and O–H groups in total. The molecule has 2 rings (SSSR count). The topological polar surface area (TPSA) is 61.1 Å². The molecule has 0 fully saturated rings. The molecule has 7 heteroatoms. The smallest absolute Gasteiger partial charge is 0.202 e. The van der Waals surface area contributed by atoms with Gasteiger partial charge in [0.2, 0.25) is 5.69 Å². The zero-order chi connectivity index (χ0) is 13.5. The molecular formula is C11H15NO3S3. The Morgan fingerprint density at radius 3 is 2.50 bits per heavy atom. The first-order chi connectivity index (χ1) is 8.29. The molecular weight excluding hydrogens is 290 g/mol. The van der Waals surface area contributed by atoms with Crippen molar-refractivity contribution < 1.29 is 16.9 Å². The van der Waals surface area contributed by atoms with Crippen molar-refractivity contribution in [3.05, 3.63) is 16.1 Å². The summed E-state index contributed by atoms with van der Waals surface area (Å²) in [5.41, 5.74) is 2.47. The maximum atomic E-state index is 10.6. The number of thiophene rings is 1. The quantitative estimate of drug-likeness (QED) is 0.642. The molecule has 0 saturated heterocycles. The Kier molecular flexibility index (Phi) is 3.77. The number of hydrogen-bond donors (Lipinski definition) is 0. The van der Waals surface area contributed by atoms with Crippen LogP contribution in [0.3, 0.4) is 0 Å². The molecule has 0 radical (unpaired) electrons. The van der Waals surface area contributed by atoms with Crippen molar-refractivity contribution in [1.29, 1.82) is 0 Å². The zero-order valence-corrected chi connectivity index (χ0v) is 13.0. The second kappa shape index (κ2) is 4.88. The van der Waals surface area contributed by atoms with E-state index in [4.69, 9.17) is 0 Å². The Morgan fingerprint density at radius 2 is 1.94 bits per heavy atom. The monoisotopic (exact) mass is 305 g/mol. The van der Waals surface area contributed by atoms with Crippen molar-refractivity contribution in [1.82, 2.24) is 0 Å². The fourth-order valence-electron chi connectivity index (χ4n) is 1.97. The van der Waals surface area contributed by atoms with Crippen molar-refractivity contribution in [3.63, 3.8) is 0 Å². The minimum Gasteiger partial charge on any atom is -0.748 e. The summed E-state index contributed by atoms with van der Waals surface area (Å²) in [5.74, 6) is -0.289. The van der Waals surface area contributed by atoms with E-state index >= 15 is 0 Å². The van der Waals surface area contributed by atoms with Crippen LogP contribution in [0.2, 0.25) is 0 Å².